The number of anilines is 1. The first-order chi connectivity index (χ1) is 8.97. The number of rotatable bonds is 3. The molecule has 5 heteroatoms. The number of hydrogen-bond acceptors (Lipinski definition) is 1. The topological polar surface area (TPSA) is 12.0 Å². The molecule has 0 saturated carbocycles. The molecule has 0 unspecified atom stereocenters. The molecule has 0 aromatic heterocycles. The molecule has 1 N–H and O–H groups in total. The van der Waals surface area contributed by atoms with Gasteiger partial charge < -0.3 is 5.32 Å². The highest BCUT2D eigenvalue weighted by Gasteiger charge is 2.08. The van der Waals surface area contributed by atoms with E-state index in [1.807, 2.05) is 0 Å². The van der Waals surface area contributed by atoms with Gasteiger partial charge in [0.15, 0.2) is 0 Å². The Labute approximate surface area is 117 Å². The maximum absolute atomic E-state index is 13.6. The SMILES string of the molecule is Cc1cc(CNc2cc(F)c(Br)cc2F)ccc1F. The van der Waals surface area contributed by atoms with Crippen molar-refractivity contribution in [3.05, 3.63) is 63.4 Å². The van der Waals surface area contributed by atoms with Gasteiger partial charge in [-0.3, -0.25) is 0 Å². The molecule has 0 aliphatic heterocycles. The molecule has 2 aromatic rings. The van der Waals surface area contributed by atoms with Gasteiger partial charge in [0.25, 0.3) is 0 Å². The lowest BCUT2D eigenvalue weighted by atomic mass is 10.1. The van der Waals surface area contributed by atoms with Crippen molar-refractivity contribution in [2.75, 3.05) is 5.32 Å². The van der Waals surface area contributed by atoms with Crippen molar-refractivity contribution in [2.24, 2.45) is 0 Å². The minimum absolute atomic E-state index is 0.0719. The predicted octanol–water partition coefficient (Wildman–Crippen LogP) is 4.79. The summed E-state index contributed by atoms with van der Waals surface area (Å²) in [4.78, 5) is 0. The van der Waals surface area contributed by atoms with Crippen LogP contribution in [0.4, 0.5) is 18.9 Å². The Balaban J connectivity index is 2.14. The van der Waals surface area contributed by atoms with Crippen molar-refractivity contribution < 1.29 is 13.2 Å². The maximum Gasteiger partial charge on any atom is 0.147 e. The number of hydrogen-bond donors (Lipinski definition) is 1. The fourth-order valence-electron chi connectivity index (χ4n) is 1.67. The summed E-state index contributed by atoms with van der Waals surface area (Å²) in [5, 5.41) is 2.79. The predicted molar refractivity (Wildman–Crippen MR) is 72.5 cm³/mol. The van der Waals surface area contributed by atoms with Crippen LogP contribution in [-0.4, -0.2) is 0 Å². The van der Waals surface area contributed by atoms with Gasteiger partial charge in [0.2, 0.25) is 0 Å². The zero-order valence-electron chi connectivity index (χ0n) is 10.1. The molecule has 0 aliphatic carbocycles. The summed E-state index contributed by atoms with van der Waals surface area (Å²) in [6.45, 7) is 1.94. The Kier molecular flexibility index (Phi) is 4.14. The molecule has 0 atom stereocenters. The van der Waals surface area contributed by atoms with E-state index in [1.54, 1.807) is 19.1 Å². The smallest absolute Gasteiger partial charge is 0.147 e. The zero-order valence-corrected chi connectivity index (χ0v) is 11.7. The summed E-state index contributed by atoms with van der Waals surface area (Å²) >= 11 is 2.91. The summed E-state index contributed by atoms with van der Waals surface area (Å²) in [7, 11) is 0. The molecular formula is C14H11BrF3N. The summed E-state index contributed by atoms with van der Waals surface area (Å²) in [5.41, 5.74) is 1.38. The molecule has 0 radical (unpaired) electrons. The summed E-state index contributed by atoms with van der Waals surface area (Å²) < 4.78 is 40.0. The van der Waals surface area contributed by atoms with Gasteiger partial charge in [0.05, 0.1) is 10.2 Å². The fourth-order valence-corrected chi connectivity index (χ4v) is 1.99. The molecular weight excluding hydrogens is 319 g/mol. The molecule has 0 aliphatic rings. The van der Waals surface area contributed by atoms with E-state index in [-0.39, 0.29) is 16.0 Å². The van der Waals surface area contributed by atoms with Gasteiger partial charge in [-0.1, -0.05) is 12.1 Å². The summed E-state index contributed by atoms with van der Waals surface area (Å²) in [5.74, 6) is -1.38. The van der Waals surface area contributed by atoms with Gasteiger partial charge in [-0.15, -0.1) is 0 Å². The number of nitrogens with one attached hydrogen (secondary N) is 1. The molecule has 2 rings (SSSR count). The van der Waals surface area contributed by atoms with Crippen LogP contribution >= 0.6 is 15.9 Å². The van der Waals surface area contributed by atoms with E-state index in [9.17, 15) is 13.2 Å². The van der Waals surface area contributed by atoms with Crippen molar-refractivity contribution >= 4 is 21.6 Å². The first-order valence-electron chi connectivity index (χ1n) is 5.61. The molecule has 0 heterocycles. The molecule has 2 aromatic carbocycles. The van der Waals surface area contributed by atoms with E-state index in [2.05, 4.69) is 21.2 Å². The van der Waals surface area contributed by atoms with E-state index in [1.165, 1.54) is 6.07 Å². The number of benzene rings is 2. The Morgan fingerprint density at radius 2 is 1.74 bits per heavy atom. The largest absolute Gasteiger partial charge is 0.379 e. The van der Waals surface area contributed by atoms with E-state index in [0.717, 1.165) is 17.7 Å². The van der Waals surface area contributed by atoms with Crippen LogP contribution in [0.1, 0.15) is 11.1 Å². The second-order valence-corrected chi connectivity index (χ2v) is 5.04. The average Bonchev–Trinajstić information content (AvgIpc) is 2.36. The van der Waals surface area contributed by atoms with Gasteiger partial charge in [-0.05, 0) is 46.1 Å². The monoisotopic (exact) mass is 329 g/mol. The van der Waals surface area contributed by atoms with Gasteiger partial charge in [-0.25, -0.2) is 13.2 Å². The number of halogens is 4. The van der Waals surface area contributed by atoms with Gasteiger partial charge >= 0.3 is 0 Å². The Bertz CT molecular complexity index is 614. The first-order valence-corrected chi connectivity index (χ1v) is 6.40. The standard InChI is InChI=1S/C14H11BrF3N/c1-8-4-9(2-3-11(8)16)7-19-14-6-12(17)10(15)5-13(14)18/h2-6,19H,7H2,1H3. The molecule has 0 bridgehead atoms. The second kappa shape index (κ2) is 5.65. The van der Waals surface area contributed by atoms with Crippen LogP contribution in [0, 0.1) is 24.4 Å². The van der Waals surface area contributed by atoms with Crippen LogP contribution in [0.25, 0.3) is 0 Å². The Hall–Kier alpha value is -1.49. The third kappa shape index (κ3) is 3.29. The third-order valence-electron chi connectivity index (χ3n) is 2.72. The van der Waals surface area contributed by atoms with Crippen molar-refractivity contribution in [3.63, 3.8) is 0 Å². The van der Waals surface area contributed by atoms with Gasteiger partial charge in [-0.2, -0.15) is 0 Å². The lowest BCUT2D eigenvalue weighted by Crippen LogP contribution is -2.03. The van der Waals surface area contributed by atoms with Crippen molar-refractivity contribution in [1.29, 1.82) is 0 Å². The molecule has 0 fully saturated rings. The molecule has 1 nitrogen and oxygen atoms in total. The van der Waals surface area contributed by atoms with Crippen LogP contribution in [0.5, 0.6) is 0 Å². The minimum atomic E-state index is -0.549. The lowest BCUT2D eigenvalue weighted by molar-refractivity contribution is 0.596. The highest BCUT2D eigenvalue weighted by Crippen LogP contribution is 2.23. The Morgan fingerprint density at radius 1 is 1.00 bits per heavy atom. The average molecular weight is 330 g/mol. The summed E-state index contributed by atoms with van der Waals surface area (Å²) in [6.07, 6.45) is 0. The highest BCUT2D eigenvalue weighted by atomic mass is 79.9. The molecule has 19 heavy (non-hydrogen) atoms. The van der Waals surface area contributed by atoms with Crippen LogP contribution in [0.15, 0.2) is 34.8 Å². The van der Waals surface area contributed by atoms with E-state index >= 15 is 0 Å². The van der Waals surface area contributed by atoms with Crippen molar-refractivity contribution in [3.8, 4) is 0 Å². The molecule has 100 valence electrons. The van der Waals surface area contributed by atoms with Crippen LogP contribution in [0.3, 0.4) is 0 Å². The summed E-state index contributed by atoms with van der Waals surface area (Å²) in [6, 6.07) is 6.76. The van der Waals surface area contributed by atoms with Crippen LogP contribution in [-0.2, 0) is 6.54 Å². The van der Waals surface area contributed by atoms with Crippen LogP contribution in [0.2, 0.25) is 0 Å². The van der Waals surface area contributed by atoms with Crippen LogP contribution < -0.4 is 5.32 Å². The number of aryl methyl sites for hydroxylation is 1. The minimum Gasteiger partial charge on any atom is -0.379 e. The molecule has 0 saturated heterocycles. The first kappa shape index (κ1) is 13.9. The normalized spacial score (nSPS) is 10.6. The molecule has 0 amide bonds. The zero-order chi connectivity index (χ0) is 14.0. The van der Waals surface area contributed by atoms with Crippen molar-refractivity contribution in [2.45, 2.75) is 13.5 Å². The quantitative estimate of drug-likeness (QED) is 0.798. The van der Waals surface area contributed by atoms with Crippen molar-refractivity contribution in [1.82, 2.24) is 0 Å². The fraction of sp³-hybridized carbons (Fsp3) is 0.143. The van der Waals surface area contributed by atoms with E-state index < -0.39 is 11.6 Å². The van der Waals surface area contributed by atoms with Gasteiger partial charge in [0, 0.05) is 12.6 Å². The highest BCUT2D eigenvalue weighted by molar-refractivity contribution is 9.10. The molecule has 0 spiro atoms. The lowest BCUT2D eigenvalue weighted by Gasteiger charge is -2.09. The van der Waals surface area contributed by atoms with E-state index in [4.69, 9.17) is 0 Å². The Morgan fingerprint density at radius 3 is 2.42 bits per heavy atom. The maximum atomic E-state index is 13.6. The van der Waals surface area contributed by atoms with Gasteiger partial charge in [0.1, 0.15) is 17.5 Å². The van der Waals surface area contributed by atoms with E-state index in [0.29, 0.717) is 12.1 Å². The second-order valence-electron chi connectivity index (χ2n) is 4.18. The third-order valence-corrected chi connectivity index (χ3v) is 3.32.